The van der Waals surface area contributed by atoms with Crippen LogP contribution in [-0.4, -0.2) is 46.2 Å². The number of aliphatic hydroxyl groups is 1. The Balaban J connectivity index is 1.79. The Kier molecular flexibility index (Phi) is 2.50. The summed E-state index contributed by atoms with van der Waals surface area (Å²) in [5, 5.41) is 18.5. The summed E-state index contributed by atoms with van der Waals surface area (Å²) in [6.45, 7) is 0. The van der Waals surface area contributed by atoms with E-state index in [1.54, 1.807) is 6.08 Å². The summed E-state index contributed by atoms with van der Waals surface area (Å²) in [6, 6.07) is 0. The summed E-state index contributed by atoms with van der Waals surface area (Å²) in [6.07, 6.45) is 4.69. The smallest absolute Gasteiger partial charge is 0.305 e. The lowest BCUT2D eigenvalue weighted by Crippen LogP contribution is -2.48. The fourth-order valence-corrected chi connectivity index (χ4v) is 3.10. The van der Waals surface area contributed by atoms with Crippen LogP contribution in [0.5, 0.6) is 0 Å². The van der Waals surface area contributed by atoms with Gasteiger partial charge in [0.2, 0.25) is 0 Å². The van der Waals surface area contributed by atoms with Crippen LogP contribution in [-0.2, 0) is 14.3 Å². The number of carboxylic acid groups (broad SMARTS) is 1. The monoisotopic (exact) mass is 240 g/mol. The molecule has 2 fully saturated rings. The van der Waals surface area contributed by atoms with E-state index in [4.69, 9.17) is 14.6 Å². The summed E-state index contributed by atoms with van der Waals surface area (Å²) in [5.41, 5.74) is -0.498. The molecular formula is C12H16O5. The van der Waals surface area contributed by atoms with Crippen LogP contribution in [0.15, 0.2) is 12.2 Å². The number of carbonyl (C=O) groups is 1. The highest BCUT2D eigenvalue weighted by molar-refractivity contribution is 5.67. The molecule has 0 aromatic carbocycles. The Bertz CT molecular complexity index is 366. The van der Waals surface area contributed by atoms with E-state index >= 15 is 0 Å². The average molecular weight is 240 g/mol. The van der Waals surface area contributed by atoms with Gasteiger partial charge >= 0.3 is 5.97 Å². The second-order valence-electron chi connectivity index (χ2n) is 5.09. The number of hydrogen-bond acceptors (Lipinski definition) is 4. The van der Waals surface area contributed by atoms with Gasteiger partial charge in [0.1, 0.15) is 5.60 Å². The zero-order valence-electron chi connectivity index (χ0n) is 9.41. The lowest BCUT2D eigenvalue weighted by molar-refractivity contribution is -0.158. The number of aliphatic carboxylic acids is 1. The van der Waals surface area contributed by atoms with Gasteiger partial charge in [-0.2, -0.15) is 0 Å². The van der Waals surface area contributed by atoms with Crippen molar-refractivity contribution in [2.75, 3.05) is 0 Å². The molecule has 5 heteroatoms. The number of hydrogen-bond donors (Lipinski definition) is 2. The van der Waals surface area contributed by atoms with E-state index in [1.165, 1.54) is 0 Å². The van der Waals surface area contributed by atoms with Crippen LogP contribution >= 0.6 is 0 Å². The van der Waals surface area contributed by atoms with Crippen molar-refractivity contribution < 1.29 is 24.5 Å². The number of rotatable bonds is 2. The molecule has 0 saturated carbocycles. The molecule has 2 bridgehead atoms. The molecule has 94 valence electrons. The topological polar surface area (TPSA) is 76.0 Å². The van der Waals surface area contributed by atoms with Gasteiger partial charge in [-0.3, -0.25) is 4.79 Å². The first-order valence-electron chi connectivity index (χ1n) is 6.01. The van der Waals surface area contributed by atoms with Gasteiger partial charge in [-0.15, -0.1) is 0 Å². The SMILES string of the molecule is O=C(O)CC1CCC2O[C@@H]3CC2(C=C[C@H]3O)O1. The minimum absolute atomic E-state index is 0.0362. The first-order valence-corrected chi connectivity index (χ1v) is 6.01. The molecule has 2 N–H and O–H groups in total. The molecule has 0 radical (unpaired) electrons. The van der Waals surface area contributed by atoms with Crippen LogP contribution in [0.2, 0.25) is 0 Å². The van der Waals surface area contributed by atoms with Crippen molar-refractivity contribution in [3.63, 3.8) is 0 Å². The van der Waals surface area contributed by atoms with E-state index in [0.717, 1.165) is 6.42 Å². The molecule has 3 rings (SSSR count). The van der Waals surface area contributed by atoms with Crippen molar-refractivity contribution in [2.45, 2.75) is 55.7 Å². The predicted octanol–water partition coefficient (Wildman–Crippen LogP) is 0.467. The van der Waals surface area contributed by atoms with E-state index in [0.29, 0.717) is 12.8 Å². The van der Waals surface area contributed by atoms with Gasteiger partial charge in [-0.05, 0) is 12.8 Å². The molecule has 3 unspecified atom stereocenters. The first-order chi connectivity index (χ1) is 8.09. The summed E-state index contributed by atoms with van der Waals surface area (Å²) in [4.78, 5) is 10.7. The largest absolute Gasteiger partial charge is 0.481 e. The van der Waals surface area contributed by atoms with Crippen LogP contribution in [0.4, 0.5) is 0 Å². The highest BCUT2D eigenvalue weighted by Crippen LogP contribution is 2.46. The van der Waals surface area contributed by atoms with Crippen molar-refractivity contribution in [1.82, 2.24) is 0 Å². The molecule has 1 aliphatic carbocycles. The Morgan fingerprint density at radius 2 is 2.29 bits per heavy atom. The highest BCUT2D eigenvalue weighted by Gasteiger charge is 2.55. The van der Waals surface area contributed by atoms with Crippen LogP contribution in [0, 0.1) is 0 Å². The Morgan fingerprint density at radius 3 is 3.06 bits per heavy atom. The molecule has 0 aromatic heterocycles. The second kappa shape index (κ2) is 3.80. The molecular weight excluding hydrogens is 224 g/mol. The standard InChI is InChI=1S/C12H16O5/c13-8-3-4-12-6-9(8)16-10(12)2-1-7(17-12)5-11(14)15/h3-4,7-10,13H,1-2,5-6H2,(H,14,15)/t7?,8-,9-,10?,12?/m1/s1. The third-order valence-corrected chi connectivity index (χ3v) is 3.90. The summed E-state index contributed by atoms with van der Waals surface area (Å²) in [7, 11) is 0. The molecule has 0 amide bonds. The van der Waals surface area contributed by atoms with Gasteiger partial charge in [0, 0.05) is 6.42 Å². The molecule has 1 spiro atoms. The second-order valence-corrected chi connectivity index (χ2v) is 5.09. The van der Waals surface area contributed by atoms with Gasteiger partial charge in [0.15, 0.2) is 0 Å². The molecule has 17 heavy (non-hydrogen) atoms. The van der Waals surface area contributed by atoms with Crippen LogP contribution in [0.3, 0.4) is 0 Å². The molecule has 2 aliphatic heterocycles. The van der Waals surface area contributed by atoms with E-state index in [-0.39, 0.29) is 24.7 Å². The molecule has 5 nitrogen and oxygen atoms in total. The maximum Gasteiger partial charge on any atom is 0.305 e. The zero-order chi connectivity index (χ0) is 12.0. The van der Waals surface area contributed by atoms with Crippen LogP contribution in [0.25, 0.3) is 0 Å². The van der Waals surface area contributed by atoms with Crippen molar-refractivity contribution in [2.24, 2.45) is 0 Å². The van der Waals surface area contributed by atoms with Gasteiger partial charge in [-0.1, -0.05) is 12.2 Å². The Morgan fingerprint density at radius 1 is 1.47 bits per heavy atom. The van der Waals surface area contributed by atoms with E-state index in [9.17, 15) is 9.90 Å². The quantitative estimate of drug-likeness (QED) is 0.686. The van der Waals surface area contributed by atoms with Crippen LogP contribution in [0.1, 0.15) is 25.7 Å². The number of aliphatic hydroxyl groups excluding tert-OH is 1. The molecule has 2 heterocycles. The number of fused-ring (bicyclic) bond motifs is 1. The van der Waals surface area contributed by atoms with Gasteiger partial charge in [0.25, 0.3) is 0 Å². The van der Waals surface area contributed by atoms with Gasteiger partial charge in [-0.25, -0.2) is 0 Å². The normalized spacial score (nSPS) is 47.8. The Hall–Kier alpha value is -0.910. The van der Waals surface area contributed by atoms with E-state index in [1.807, 2.05) is 6.08 Å². The maximum absolute atomic E-state index is 10.7. The minimum atomic E-state index is -0.833. The minimum Gasteiger partial charge on any atom is -0.481 e. The summed E-state index contributed by atoms with van der Waals surface area (Å²) >= 11 is 0. The van der Waals surface area contributed by atoms with Crippen LogP contribution < -0.4 is 0 Å². The Labute approximate surface area is 99.0 Å². The third-order valence-electron chi connectivity index (χ3n) is 3.90. The molecule has 3 aliphatic rings. The van der Waals surface area contributed by atoms with Crippen molar-refractivity contribution in [1.29, 1.82) is 0 Å². The fraction of sp³-hybridized carbons (Fsp3) is 0.750. The van der Waals surface area contributed by atoms with Crippen molar-refractivity contribution >= 4 is 5.97 Å². The predicted molar refractivity (Wildman–Crippen MR) is 57.5 cm³/mol. The number of carboxylic acids is 1. The highest BCUT2D eigenvalue weighted by atomic mass is 16.6. The lowest BCUT2D eigenvalue weighted by atomic mass is 9.82. The van der Waals surface area contributed by atoms with Gasteiger partial charge in [0.05, 0.1) is 30.8 Å². The number of ether oxygens (including phenoxy) is 2. The zero-order valence-corrected chi connectivity index (χ0v) is 9.41. The molecule has 5 atom stereocenters. The first kappa shape index (κ1) is 11.2. The maximum atomic E-state index is 10.7. The van der Waals surface area contributed by atoms with Crippen molar-refractivity contribution in [3.05, 3.63) is 12.2 Å². The lowest BCUT2D eigenvalue weighted by Gasteiger charge is -2.40. The fourth-order valence-electron chi connectivity index (χ4n) is 3.10. The third kappa shape index (κ3) is 1.78. The average Bonchev–Trinajstić information content (AvgIpc) is 2.58. The molecule has 2 saturated heterocycles. The van der Waals surface area contributed by atoms with E-state index in [2.05, 4.69) is 0 Å². The molecule has 0 aromatic rings. The summed E-state index contributed by atoms with van der Waals surface area (Å²) < 4.78 is 11.7. The summed E-state index contributed by atoms with van der Waals surface area (Å²) in [5.74, 6) is -0.833. The van der Waals surface area contributed by atoms with E-state index < -0.39 is 17.7 Å². The van der Waals surface area contributed by atoms with Crippen molar-refractivity contribution in [3.8, 4) is 0 Å². The van der Waals surface area contributed by atoms with Gasteiger partial charge < -0.3 is 19.7 Å².